The maximum absolute atomic E-state index is 12.0. The van der Waals surface area contributed by atoms with E-state index in [1.807, 2.05) is 6.07 Å². The lowest BCUT2D eigenvalue weighted by molar-refractivity contribution is 0.0690. The van der Waals surface area contributed by atoms with Crippen molar-refractivity contribution in [1.82, 2.24) is 10.3 Å². The number of rotatable bonds is 4. The summed E-state index contributed by atoms with van der Waals surface area (Å²) >= 11 is 5.98. The summed E-state index contributed by atoms with van der Waals surface area (Å²) in [6.07, 6.45) is 2.52. The van der Waals surface area contributed by atoms with Crippen LogP contribution in [0.3, 0.4) is 0 Å². The van der Waals surface area contributed by atoms with Gasteiger partial charge in [0.1, 0.15) is 0 Å². The predicted octanol–water partition coefficient (Wildman–Crippen LogP) is 2.36. The zero-order chi connectivity index (χ0) is 14.5. The lowest BCUT2D eigenvalue weighted by atomic mass is 10.1. The van der Waals surface area contributed by atoms with Crippen molar-refractivity contribution in [2.75, 3.05) is 0 Å². The Labute approximate surface area is 120 Å². The predicted molar refractivity (Wildman–Crippen MR) is 73.8 cm³/mol. The van der Waals surface area contributed by atoms with Crippen LogP contribution in [0, 0.1) is 0 Å². The Morgan fingerprint density at radius 1 is 1.20 bits per heavy atom. The number of aromatic nitrogens is 1. The van der Waals surface area contributed by atoms with Gasteiger partial charge in [-0.15, -0.1) is 0 Å². The van der Waals surface area contributed by atoms with E-state index in [-0.39, 0.29) is 17.7 Å². The second kappa shape index (κ2) is 6.16. The average Bonchev–Trinajstić information content (AvgIpc) is 2.46. The largest absolute Gasteiger partial charge is 0.478 e. The van der Waals surface area contributed by atoms with Crippen molar-refractivity contribution >= 4 is 23.5 Å². The molecule has 2 aromatic rings. The molecule has 0 aliphatic rings. The molecule has 0 saturated heterocycles. The van der Waals surface area contributed by atoms with Gasteiger partial charge in [0.05, 0.1) is 11.1 Å². The van der Waals surface area contributed by atoms with Crippen LogP contribution in [0.4, 0.5) is 0 Å². The lowest BCUT2D eigenvalue weighted by Crippen LogP contribution is -2.25. The Kier molecular flexibility index (Phi) is 4.32. The first-order valence-electron chi connectivity index (χ1n) is 5.78. The number of carbonyl (C=O) groups is 2. The van der Waals surface area contributed by atoms with Crippen molar-refractivity contribution in [1.29, 1.82) is 0 Å². The van der Waals surface area contributed by atoms with Crippen LogP contribution in [0.15, 0.2) is 42.7 Å². The zero-order valence-electron chi connectivity index (χ0n) is 10.3. The van der Waals surface area contributed by atoms with Crippen LogP contribution in [0.5, 0.6) is 0 Å². The molecule has 0 aliphatic heterocycles. The molecule has 0 fully saturated rings. The highest BCUT2D eigenvalue weighted by Crippen LogP contribution is 2.15. The monoisotopic (exact) mass is 290 g/mol. The normalized spacial score (nSPS) is 10.1. The lowest BCUT2D eigenvalue weighted by Gasteiger charge is -2.08. The average molecular weight is 291 g/mol. The minimum Gasteiger partial charge on any atom is -0.478 e. The molecule has 5 nitrogen and oxygen atoms in total. The van der Waals surface area contributed by atoms with Gasteiger partial charge in [-0.05, 0) is 17.7 Å². The number of amides is 1. The van der Waals surface area contributed by atoms with Crippen molar-refractivity contribution < 1.29 is 14.7 Å². The Morgan fingerprint density at radius 2 is 1.95 bits per heavy atom. The van der Waals surface area contributed by atoms with Crippen LogP contribution >= 0.6 is 11.6 Å². The van der Waals surface area contributed by atoms with E-state index < -0.39 is 11.9 Å². The second-order valence-electron chi connectivity index (χ2n) is 4.00. The highest BCUT2D eigenvalue weighted by molar-refractivity contribution is 6.31. The third kappa shape index (κ3) is 3.13. The highest BCUT2D eigenvalue weighted by atomic mass is 35.5. The molecule has 1 aromatic heterocycles. The Bertz CT molecular complexity index is 658. The van der Waals surface area contributed by atoms with Gasteiger partial charge in [-0.3, -0.25) is 9.78 Å². The van der Waals surface area contributed by atoms with E-state index in [9.17, 15) is 9.59 Å². The molecule has 0 radical (unpaired) electrons. The molecular formula is C14H11ClN2O3. The van der Waals surface area contributed by atoms with Gasteiger partial charge in [0, 0.05) is 24.0 Å². The van der Waals surface area contributed by atoms with E-state index >= 15 is 0 Å². The van der Waals surface area contributed by atoms with Crippen LogP contribution < -0.4 is 5.32 Å². The first kappa shape index (κ1) is 14.0. The number of hydrogen-bond donors (Lipinski definition) is 2. The molecule has 102 valence electrons. The maximum Gasteiger partial charge on any atom is 0.338 e. The molecular weight excluding hydrogens is 280 g/mol. The second-order valence-corrected chi connectivity index (χ2v) is 4.41. The van der Waals surface area contributed by atoms with Crippen molar-refractivity contribution in [3.8, 4) is 0 Å². The standard InChI is InChI=1S/C14H11ClN2O3/c15-12-4-2-1-3-9(12)7-17-13(18)10-5-6-16-8-11(10)14(19)20/h1-6,8H,7H2,(H,17,18)(H,19,20). The van der Waals surface area contributed by atoms with Gasteiger partial charge in [0.15, 0.2) is 0 Å². The molecule has 1 heterocycles. The number of aromatic carboxylic acids is 1. The van der Waals surface area contributed by atoms with Gasteiger partial charge < -0.3 is 10.4 Å². The Morgan fingerprint density at radius 3 is 2.65 bits per heavy atom. The Balaban J connectivity index is 2.14. The van der Waals surface area contributed by atoms with E-state index in [0.29, 0.717) is 5.02 Å². The number of pyridine rings is 1. The van der Waals surface area contributed by atoms with Crippen LogP contribution in [0.2, 0.25) is 5.02 Å². The topological polar surface area (TPSA) is 79.3 Å². The summed E-state index contributed by atoms with van der Waals surface area (Å²) in [6.45, 7) is 0.222. The molecule has 1 aromatic carbocycles. The van der Waals surface area contributed by atoms with Crippen molar-refractivity contribution in [3.63, 3.8) is 0 Å². The number of benzene rings is 1. The number of hydrogen-bond acceptors (Lipinski definition) is 3. The molecule has 2 N–H and O–H groups in total. The zero-order valence-corrected chi connectivity index (χ0v) is 11.1. The van der Waals surface area contributed by atoms with Crippen LogP contribution in [-0.4, -0.2) is 22.0 Å². The molecule has 1 amide bonds. The highest BCUT2D eigenvalue weighted by Gasteiger charge is 2.16. The Hall–Kier alpha value is -2.40. The fourth-order valence-corrected chi connectivity index (χ4v) is 1.88. The molecule has 20 heavy (non-hydrogen) atoms. The van der Waals surface area contributed by atoms with Crippen molar-refractivity contribution in [2.24, 2.45) is 0 Å². The van der Waals surface area contributed by atoms with Crippen molar-refractivity contribution in [3.05, 3.63) is 64.4 Å². The molecule has 0 unspecified atom stereocenters. The van der Waals surface area contributed by atoms with Crippen LogP contribution in [0.1, 0.15) is 26.3 Å². The van der Waals surface area contributed by atoms with Gasteiger partial charge in [-0.2, -0.15) is 0 Å². The summed E-state index contributed by atoms with van der Waals surface area (Å²) in [5, 5.41) is 12.2. The minimum atomic E-state index is -1.19. The van der Waals surface area contributed by atoms with Crippen LogP contribution in [0.25, 0.3) is 0 Å². The summed E-state index contributed by atoms with van der Waals surface area (Å²) in [6, 6.07) is 8.47. The molecule has 0 saturated carbocycles. The minimum absolute atomic E-state index is 0.0690. The summed E-state index contributed by atoms with van der Waals surface area (Å²) < 4.78 is 0. The van der Waals surface area contributed by atoms with Gasteiger partial charge >= 0.3 is 5.97 Å². The van der Waals surface area contributed by atoms with E-state index in [1.54, 1.807) is 18.2 Å². The number of carboxylic acids is 1. The molecule has 0 bridgehead atoms. The van der Waals surface area contributed by atoms with E-state index in [4.69, 9.17) is 16.7 Å². The van der Waals surface area contributed by atoms with Gasteiger partial charge in [-0.25, -0.2) is 4.79 Å². The molecule has 6 heteroatoms. The first-order valence-corrected chi connectivity index (χ1v) is 6.16. The molecule has 2 rings (SSSR count). The van der Waals surface area contributed by atoms with E-state index in [2.05, 4.69) is 10.3 Å². The summed E-state index contributed by atoms with van der Waals surface area (Å²) in [5.74, 6) is -1.68. The van der Waals surface area contributed by atoms with Crippen LogP contribution in [-0.2, 0) is 6.54 Å². The van der Waals surface area contributed by atoms with Gasteiger partial charge in [0.25, 0.3) is 5.91 Å². The number of carbonyl (C=O) groups excluding carboxylic acids is 1. The fraction of sp³-hybridized carbons (Fsp3) is 0.0714. The third-order valence-corrected chi connectivity index (χ3v) is 3.06. The molecule has 0 atom stereocenters. The third-order valence-electron chi connectivity index (χ3n) is 2.69. The van der Waals surface area contributed by atoms with Crippen molar-refractivity contribution in [2.45, 2.75) is 6.54 Å². The van der Waals surface area contributed by atoms with E-state index in [1.165, 1.54) is 12.3 Å². The fourth-order valence-electron chi connectivity index (χ4n) is 1.68. The van der Waals surface area contributed by atoms with Gasteiger partial charge in [-0.1, -0.05) is 29.8 Å². The number of carboxylic acid groups (broad SMARTS) is 1. The summed E-state index contributed by atoms with van der Waals surface area (Å²) in [5.41, 5.74) is 0.692. The summed E-state index contributed by atoms with van der Waals surface area (Å²) in [7, 11) is 0. The number of nitrogens with zero attached hydrogens (tertiary/aromatic N) is 1. The smallest absolute Gasteiger partial charge is 0.338 e. The quantitative estimate of drug-likeness (QED) is 0.906. The SMILES string of the molecule is O=C(O)c1cnccc1C(=O)NCc1ccccc1Cl. The molecule has 0 aliphatic carbocycles. The van der Waals surface area contributed by atoms with Gasteiger partial charge in [0.2, 0.25) is 0 Å². The molecule has 0 spiro atoms. The first-order chi connectivity index (χ1) is 9.59. The van der Waals surface area contributed by atoms with E-state index in [0.717, 1.165) is 11.8 Å². The maximum atomic E-state index is 12.0. The number of halogens is 1. The number of nitrogens with one attached hydrogen (secondary N) is 1. The summed E-state index contributed by atoms with van der Waals surface area (Å²) in [4.78, 5) is 26.7.